The summed E-state index contributed by atoms with van der Waals surface area (Å²) >= 11 is 0. The summed E-state index contributed by atoms with van der Waals surface area (Å²) in [5.41, 5.74) is 2.55. The average molecular weight is 383 g/mol. The van der Waals surface area contributed by atoms with Crippen molar-refractivity contribution in [3.63, 3.8) is 0 Å². The van der Waals surface area contributed by atoms with Crippen LogP contribution in [-0.4, -0.2) is 42.2 Å². The van der Waals surface area contributed by atoms with Gasteiger partial charge in [0.1, 0.15) is 19.0 Å². The van der Waals surface area contributed by atoms with Crippen LogP contribution in [0.5, 0.6) is 5.75 Å². The molecule has 28 heavy (non-hydrogen) atoms. The van der Waals surface area contributed by atoms with E-state index in [1.54, 1.807) is 18.5 Å². The Labute approximate surface area is 166 Å². The SMILES string of the molecule is Cc1cc(OCCOC(=O)C2CCN(c3ncccn3)CC2)ccc1C(C)C. The second kappa shape index (κ2) is 9.53. The average Bonchev–Trinajstić information content (AvgIpc) is 2.71. The summed E-state index contributed by atoms with van der Waals surface area (Å²) in [6.07, 6.45) is 4.99. The number of piperidine rings is 1. The Bertz CT molecular complexity index is 772. The lowest BCUT2D eigenvalue weighted by atomic mass is 9.97. The molecule has 0 atom stereocenters. The first-order chi connectivity index (χ1) is 13.5. The van der Waals surface area contributed by atoms with Crippen molar-refractivity contribution in [1.29, 1.82) is 0 Å². The van der Waals surface area contributed by atoms with Gasteiger partial charge in [0, 0.05) is 25.5 Å². The van der Waals surface area contributed by atoms with Crippen LogP contribution in [0.4, 0.5) is 5.95 Å². The van der Waals surface area contributed by atoms with Gasteiger partial charge in [-0.3, -0.25) is 4.79 Å². The largest absolute Gasteiger partial charge is 0.490 e. The third-order valence-electron chi connectivity index (χ3n) is 5.12. The van der Waals surface area contributed by atoms with Gasteiger partial charge in [-0.15, -0.1) is 0 Å². The van der Waals surface area contributed by atoms with E-state index in [2.05, 4.69) is 41.7 Å². The van der Waals surface area contributed by atoms with Crippen LogP contribution in [-0.2, 0) is 9.53 Å². The minimum atomic E-state index is -0.136. The van der Waals surface area contributed by atoms with Crippen molar-refractivity contribution in [3.05, 3.63) is 47.8 Å². The highest BCUT2D eigenvalue weighted by Crippen LogP contribution is 2.24. The van der Waals surface area contributed by atoms with E-state index in [1.165, 1.54) is 11.1 Å². The van der Waals surface area contributed by atoms with Crippen LogP contribution in [0, 0.1) is 12.8 Å². The first-order valence-electron chi connectivity index (χ1n) is 9.96. The lowest BCUT2D eigenvalue weighted by molar-refractivity contribution is -0.150. The van der Waals surface area contributed by atoms with Crippen molar-refractivity contribution in [2.75, 3.05) is 31.2 Å². The summed E-state index contributed by atoms with van der Waals surface area (Å²) in [6.45, 7) is 8.62. The van der Waals surface area contributed by atoms with Gasteiger partial charge in [0.15, 0.2) is 0 Å². The van der Waals surface area contributed by atoms with Gasteiger partial charge in [-0.25, -0.2) is 9.97 Å². The summed E-state index contributed by atoms with van der Waals surface area (Å²) in [4.78, 5) is 22.9. The molecule has 0 saturated carbocycles. The van der Waals surface area contributed by atoms with Crippen LogP contribution in [0.1, 0.15) is 43.7 Å². The van der Waals surface area contributed by atoms with E-state index >= 15 is 0 Å². The number of ether oxygens (including phenoxy) is 2. The number of benzene rings is 1. The van der Waals surface area contributed by atoms with E-state index in [4.69, 9.17) is 9.47 Å². The zero-order valence-electron chi connectivity index (χ0n) is 16.9. The Balaban J connectivity index is 1.38. The number of hydrogen-bond donors (Lipinski definition) is 0. The van der Waals surface area contributed by atoms with Gasteiger partial charge in [-0.1, -0.05) is 19.9 Å². The zero-order valence-corrected chi connectivity index (χ0v) is 16.9. The normalized spacial score (nSPS) is 14.9. The third-order valence-corrected chi connectivity index (χ3v) is 5.12. The highest BCUT2D eigenvalue weighted by atomic mass is 16.6. The molecular formula is C22H29N3O3. The fourth-order valence-electron chi connectivity index (χ4n) is 3.58. The van der Waals surface area contributed by atoms with E-state index in [9.17, 15) is 4.79 Å². The summed E-state index contributed by atoms with van der Waals surface area (Å²) in [5, 5.41) is 0. The molecule has 1 saturated heterocycles. The molecule has 6 nitrogen and oxygen atoms in total. The van der Waals surface area contributed by atoms with Gasteiger partial charge in [-0.2, -0.15) is 0 Å². The summed E-state index contributed by atoms with van der Waals surface area (Å²) < 4.78 is 11.2. The van der Waals surface area contributed by atoms with Gasteiger partial charge >= 0.3 is 5.97 Å². The molecule has 0 radical (unpaired) electrons. The van der Waals surface area contributed by atoms with Crippen molar-refractivity contribution < 1.29 is 14.3 Å². The number of esters is 1. The number of hydrogen-bond acceptors (Lipinski definition) is 6. The molecule has 0 bridgehead atoms. The van der Waals surface area contributed by atoms with Gasteiger partial charge in [0.25, 0.3) is 0 Å². The third kappa shape index (κ3) is 5.21. The lowest BCUT2D eigenvalue weighted by Gasteiger charge is -2.30. The van der Waals surface area contributed by atoms with Gasteiger partial charge in [-0.05, 0) is 55.0 Å². The summed E-state index contributed by atoms with van der Waals surface area (Å²) in [6, 6.07) is 7.92. The van der Waals surface area contributed by atoms with E-state index < -0.39 is 0 Å². The number of aryl methyl sites for hydroxylation is 1. The van der Waals surface area contributed by atoms with Crippen LogP contribution < -0.4 is 9.64 Å². The molecule has 0 unspecified atom stereocenters. The lowest BCUT2D eigenvalue weighted by Crippen LogP contribution is -2.38. The fraction of sp³-hybridized carbons (Fsp3) is 0.500. The van der Waals surface area contributed by atoms with E-state index in [1.807, 2.05) is 12.1 Å². The summed E-state index contributed by atoms with van der Waals surface area (Å²) in [7, 11) is 0. The molecule has 1 aliphatic heterocycles. The standard InChI is InChI=1S/C22H29N3O3/c1-16(2)20-6-5-19(15-17(20)3)27-13-14-28-21(26)18-7-11-25(12-8-18)22-23-9-4-10-24-22/h4-6,9-10,15-16,18H,7-8,11-14H2,1-3H3. The van der Waals surface area contributed by atoms with Crippen LogP contribution in [0.2, 0.25) is 0 Å². The Hall–Kier alpha value is -2.63. The molecule has 0 spiro atoms. The molecule has 1 fully saturated rings. The Morgan fingerprint density at radius 3 is 2.54 bits per heavy atom. The molecule has 2 aromatic rings. The Morgan fingerprint density at radius 1 is 1.18 bits per heavy atom. The number of rotatable bonds is 7. The molecule has 2 heterocycles. The van der Waals surface area contributed by atoms with Crippen LogP contribution in [0.15, 0.2) is 36.7 Å². The predicted molar refractivity (Wildman–Crippen MR) is 109 cm³/mol. The Morgan fingerprint density at radius 2 is 1.89 bits per heavy atom. The Kier molecular flexibility index (Phi) is 6.85. The van der Waals surface area contributed by atoms with Crippen molar-refractivity contribution in [2.45, 2.75) is 39.5 Å². The number of carbonyl (C=O) groups excluding carboxylic acids is 1. The van der Waals surface area contributed by atoms with Crippen molar-refractivity contribution >= 4 is 11.9 Å². The minimum absolute atomic E-state index is 0.0625. The topological polar surface area (TPSA) is 64.6 Å². The van der Waals surface area contributed by atoms with Crippen LogP contribution in [0.3, 0.4) is 0 Å². The monoisotopic (exact) mass is 383 g/mol. The van der Waals surface area contributed by atoms with Crippen molar-refractivity contribution in [2.24, 2.45) is 5.92 Å². The number of anilines is 1. The minimum Gasteiger partial charge on any atom is -0.490 e. The molecule has 1 aromatic heterocycles. The highest BCUT2D eigenvalue weighted by molar-refractivity contribution is 5.72. The maximum Gasteiger partial charge on any atom is 0.309 e. The van der Waals surface area contributed by atoms with Crippen molar-refractivity contribution in [1.82, 2.24) is 9.97 Å². The molecular weight excluding hydrogens is 354 g/mol. The maximum absolute atomic E-state index is 12.3. The molecule has 3 rings (SSSR count). The summed E-state index contributed by atoms with van der Waals surface area (Å²) in [5.74, 6) is 1.83. The second-order valence-electron chi connectivity index (χ2n) is 7.50. The van der Waals surface area contributed by atoms with Crippen LogP contribution >= 0.6 is 0 Å². The van der Waals surface area contributed by atoms with Gasteiger partial charge < -0.3 is 14.4 Å². The molecule has 1 aliphatic rings. The quantitative estimate of drug-likeness (QED) is 0.536. The molecule has 0 amide bonds. The highest BCUT2D eigenvalue weighted by Gasteiger charge is 2.27. The molecule has 1 aromatic carbocycles. The van der Waals surface area contributed by atoms with Crippen molar-refractivity contribution in [3.8, 4) is 5.75 Å². The molecule has 0 aliphatic carbocycles. The molecule has 0 N–H and O–H groups in total. The first kappa shape index (κ1) is 20.1. The molecule has 150 valence electrons. The molecule has 6 heteroatoms. The number of carbonyl (C=O) groups is 1. The van der Waals surface area contributed by atoms with Gasteiger partial charge in [0.05, 0.1) is 5.92 Å². The zero-order chi connectivity index (χ0) is 19.9. The van der Waals surface area contributed by atoms with E-state index in [-0.39, 0.29) is 18.5 Å². The first-order valence-corrected chi connectivity index (χ1v) is 9.96. The fourth-order valence-corrected chi connectivity index (χ4v) is 3.58. The number of nitrogens with zero attached hydrogens (tertiary/aromatic N) is 3. The second-order valence-corrected chi connectivity index (χ2v) is 7.50. The number of aromatic nitrogens is 2. The van der Waals surface area contributed by atoms with Gasteiger partial charge in [0.2, 0.25) is 5.95 Å². The van der Waals surface area contributed by atoms with E-state index in [0.717, 1.165) is 37.6 Å². The smallest absolute Gasteiger partial charge is 0.309 e. The van der Waals surface area contributed by atoms with Crippen LogP contribution in [0.25, 0.3) is 0 Å². The predicted octanol–water partition coefficient (Wildman–Crippen LogP) is 3.75. The van der Waals surface area contributed by atoms with E-state index in [0.29, 0.717) is 12.5 Å². The maximum atomic E-state index is 12.3.